The summed E-state index contributed by atoms with van der Waals surface area (Å²) in [5, 5.41) is 11.9. The summed E-state index contributed by atoms with van der Waals surface area (Å²) in [6.07, 6.45) is 2.07. The Bertz CT molecular complexity index is 829. The Hall–Kier alpha value is -1.67. The maximum absolute atomic E-state index is 13.0. The molecule has 1 N–H and O–H groups in total. The Morgan fingerprint density at radius 2 is 1.73 bits per heavy atom. The smallest absolute Gasteiger partial charge is 0.276 e. The van der Waals surface area contributed by atoms with Crippen molar-refractivity contribution in [3.05, 3.63) is 46.8 Å². The average molecular weight is 455 g/mol. The van der Waals surface area contributed by atoms with E-state index in [4.69, 9.17) is 0 Å². The topological polar surface area (TPSA) is 66.3 Å². The molecule has 1 amide bonds. The van der Waals surface area contributed by atoms with Crippen molar-refractivity contribution >= 4 is 30.7 Å². The van der Waals surface area contributed by atoms with E-state index in [1.807, 2.05) is 16.5 Å². The van der Waals surface area contributed by atoms with Gasteiger partial charge in [0.2, 0.25) is 0 Å². The molecule has 1 aromatic heterocycles. The van der Waals surface area contributed by atoms with Gasteiger partial charge in [-0.05, 0) is 50.9 Å². The van der Waals surface area contributed by atoms with E-state index in [1.165, 1.54) is 11.1 Å². The quantitative estimate of drug-likeness (QED) is 0.768. The van der Waals surface area contributed by atoms with Crippen LogP contribution in [-0.2, 0) is 6.54 Å². The molecule has 2 saturated heterocycles. The van der Waals surface area contributed by atoms with Crippen molar-refractivity contribution in [2.45, 2.75) is 39.3 Å². The van der Waals surface area contributed by atoms with E-state index < -0.39 is 0 Å². The van der Waals surface area contributed by atoms with Gasteiger partial charge in [-0.25, -0.2) is 4.68 Å². The molecule has 30 heavy (non-hydrogen) atoms. The van der Waals surface area contributed by atoms with E-state index in [2.05, 4.69) is 51.7 Å². The molecule has 2 aliphatic heterocycles. The fraction of sp³-hybridized carbons (Fsp3) is 0.571. The van der Waals surface area contributed by atoms with E-state index in [-0.39, 0.29) is 30.7 Å². The minimum Gasteiger partial charge on any atom is -0.335 e. The van der Waals surface area contributed by atoms with Crippen LogP contribution in [0.5, 0.6) is 0 Å². The summed E-state index contributed by atoms with van der Waals surface area (Å²) in [5.41, 5.74) is 4.11. The number of halogens is 2. The van der Waals surface area contributed by atoms with Crippen molar-refractivity contribution in [2.75, 3.05) is 39.3 Å². The molecular weight excluding hydrogens is 423 g/mol. The number of carbonyl (C=O) groups excluding carboxylic acids is 1. The summed E-state index contributed by atoms with van der Waals surface area (Å²) in [7, 11) is 0. The fourth-order valence-electron chi connectivity index (χ4n) is 4.22. The maximum Gasteiger partial charge on any atom is 0.276 e. The largest absolute Gasteiger partial charge is 0.335 e. The Kier molecular flexibility index (Phi) is 9.09. The number of piperazine rings is 1. The summed E-state index contributed by atoms with van der Waals surface area (Å²) >= 11 is 0. The Morgan fingerprint density at radius 1 is 1.07 bits per heavy atom. The molecule has 3 heterocycles. The van der Waals surface area contributed by atoms with E-state index >= 15 is 0 Å². The highest BCUT2D eigenvalue weighted by Crippen LogP contribution is 2.21. The van der Waals surface area contributed by atoms with Crippen molar-refractivity contribution in [1.29, 1.82) is 0 Å². The van der Waals surface area contributed by atoms with Crippen LogP contribution in [0.2, 0.25) is 0 Å². The summed E-state index contributed by atoms with van der Waals surface area (Å²) in [6.45, 7) is 10.3. The first-order valence-corrected chi connectivity index (χ1v) is 10.3. The highest BCUT2D eigenvalue weighted by atomic mass is 35.5. The molecule has 1 aromatic carbocycles. The lowest BCUT2D eigenvalue weighted by molar-refractivity contribution is 0.0621. The molecule has 166 valence electrons. The number of benzene rings is 1. The number of aromatic nitrogens is 3. The van der Waals surface area contributed by atoms with Crippen molar-refractivity contribution in [2.24, 2.45) is 0 Å². The van der Waals surface area contributed by atoms with Gasteiger partial charge >= 0.3 is 0 Å². The van der Waals surface area contributed by atoms with Crippen LogP contribution in [0.25, 0.3) is 0 Å². The number of nitrogens with zero attached hydrogens (tertiary/aromatic N) is 5. The molecule has 0 bridgehead atoms. The summed E-state index contributed by atoms with van der Waals surface area (Å²) < 4.78 is 1.96. The predicted octanol–water partition coefficient (Wildman–Crippen LogP) is 2.62. The van der Waals surface area contributed by atoms with Gasteiger partial charge in [-0.15, -0.1) is 29.9 Å². The molecule has 0 saturated carbocycles. The molecule has 0 aliphatic carbocycles. The average Bonchev–Trinajstić information content (AvgIpc) is 3.12. The first-order valence-electron chi connectivity index (χ1n) is 10.3. The number of piperidine rings is 1. The van der Waals surface area contributed by atoms with E-state index in [0.29, 0.717) is 11.7 Å². The molecule has 2 aliphatic rings. The van der Waals surface area contributed by atoms with Crippen LogP contribution in [0, 0.1) is 13.8 Å². The van der Waals surface area contributed by atoms with Crippen molar-refractivity contribution in [1.82, 2.24) is 30.1 Å². The molecule has 0 atom stereocenters. The standard InChI is InChI=1S/C21H30N6O.2ClH/c1-16-5-3-4-6-18(16)15-25-11-13-26(14-12-25)21(28)20-17(2)27(24-23-20)19-7-9-22-10-8-19;;/h3-6,19,22H,7-15H2,1-2H3;2*1H. The third kappa shape index (κ3) is 5.32. The van der Waals surface area contributed by atoms with Gasteiger partial charge in [-0.1, -0.05) is 29.5 Å². The van der Waals surface area contributed by atoms with Gasteiger partial charge in [-0.2, -0.15) is 0 Å². The SMILES string of the molecule is Cc1ccccc1CN1CCN(C(=O)c2nnn(C3CCNCC3)c2C)CC1.Cl.Cl. The molecule has 7 nitrogen and oxygen atoms in total. The number of nitrogens with one attached hydrogen (secondary N) is 1. The van der Waals surface area contributed by atoms with Crippen LogP contribution in [0.1, 0.15) is 46.2 Å². The number of aryl methyl sites for hydroxylation is 1. The van der Waals surface area contributed by atoms with E-state index in [0.717, 1.165) is 64.3 Å². The number of hydrogen-bond acceptors (Lipinski definition) is 5. The second-order valence-corrected chi connectivity index (χ2v) is 7.94. The number of rotatable bonds is 4. The summed E-state index contributed by atoms with van der Waals surface area (Å²) in [4.78, 5) is 17.4. The lowest BCUT2D eigenvalue weighted by Crippen LogP contribution is -2.48. The first kappa shape index (κ1) is 24.6. The van der Waals surface area contributed by atoms with Gasteiger partial charge in [0, 0.05) is 32.7 Å². The van der Waals surface area contributed by atoms with Gasteiger partial charge in [0.1, 0.15) is 0 Å². The second-order valence-electron chi connectivity index (χ2n) is 7.94. The van der Waals surface area contributed by atoms with Crippen LogP contribution in [0.4, 0.5) is 0 Å². The first-order chi connectivity index (χ1) is 13.6. The predicted molar refractivity (Wildman–Crippen MR) is 123 cm³/mol. The fourth-order valence-corrected chi connectivity index (χ4v) is 4.22. The summed E-state index contributed by atoms with van der Waals surface area (Å²) in [6, 6.07) is 8.87. The Morgan fingerprint density at radius 3 is 2.40 bits per heavy atom. The highest BCUT2D eigenvalue weighted by molar-refractivity contribution is 5.93. The number of carbonyl (C=O) groups is 1. The van der Waals surface area contributed by atoms with Crippen molar-refractivity contribution in [3.63, 3.8) is 0 Å². The van der Waals surface area contributed by atoms with Crippen LogP contribution in [-0.4, -0.2) is 70.0 Å². The number of hydrogen-bond donors (Lipinski definition) is 1. The third-order valence-corrected chi connectivity index (χ3v) is 6.10. The lowest BCUT2D eigenvalue weighted by atomic mass is 10.1. The Labute approximate surface area is 191 Å². The van der Waals surface area contributed by atoms with Gasteiger partial charge in [0.25, 0.3) is 5.91 Å². The minimum atomic E-state index is 0. The maximum atomic E-state index is 13.0. The molecule has 2 aromatic rings. The zero-order valence-corrected chi connectivity index (χ0v) is 19.3. The van der Waals surface area contributed by atoms with Crippen molar-refractivity contribution < 1.29 is 4.79 Å². The zero-order chi connectivity index (χ0) is 19.5. The molecule has 0 spiro atoms. The zero-order valence-electron chi connectivity index (χ0n) is 17.7. The van der Waals surface area contributed by atoms with Gasteiger partial charge in [0.15, 0.2) is 5.69 Å². The second kappa shape index (κ2) is 11.1. The lowest BCUT2D eigenvalue weighted by Gasteiger charge is -2.34. The van der Waals surface area contributed by atoms with Gasteiger partial charge in [0.05, 0.1) is 11.7 Å². The highest BCUT2D eigenvalue weighted by Gasteiger charge is 2.28. The van der Waals surface area contributed by atoms with E-state index in [1.54, 1.807) is 0 Å². The van der Waals surface area contributed by atoms with E-state index in [9.17, 15) is 4.79 Å². The summed E-state index contributed by atoms with van der Waals surface area (Å²) in [5.74, 6) is 0.0215. The van der Waals surface area contributed by atoms with Crippen LogP contribution < -0.4 is 5.32 Å². The molecule has 4 rings (SSSR count). The molecular formula is C21H32Cl2N6O. The van der Waals surface area contributed by atoms with Crippen LogP contribution >= 0.6 is 24.8 Å². The normalized spacial score (nSPS) is 17.9. The molecule has 9 heteroatoms. The monoisotopic (exact) mass is 454 g/mol. The molecule has 0 radical (unpaired) electrons. The van der Waals surface area contributed by atoms with Crippen molar-refractivity contribution in [3.8, 4) is 0 Å². The third-order valence-electron chi connectivity index (χ3n) is 6.10. The van der Waals surface area contributed by atoms with Gasteiger partial charge in [-0.3, -0.25) is 9.69 Å². The number of amides is 1. The Balaban J connectivity index is 0.00000160. The molecule has 0 unspecified atom stereocenters. The molecule has 2 fully saturated rings. The van der Waals surface area contributed by atoms with Gasteiger partial charge < -0.3 is 10.2 Å². The minimum absolute atomic E-state index is 0. The van der Waals surface area contributed by atoms with Crippen LogP contribution in [0.15, 0.2) is 24.3 Å². The van der Waals surface area contributed by atoms with Crippen LogP contribution in [0.3, 0.4) is 0 Å².